The molecule has 21 heavy (non-hydrogen) atoms. The Morgan fingerprint density at radius 1 is 1.29 bits per heavy atom. The van der Waals surface area contributed by atoms with E-state index in [1.165, 1.54) is 18.2 Å². The lowest BCUT2D eigenvalue weighted by atomic mass is 9.67. The summed E-state index contributed by atoms with van der Waals surface area (Å²) >= 11 is 0. The van der Waals surface area contributed by atoms with Gasteiger partial charge in [-0.25, -0.2) is 0 Å². The molecule has 1 N–H and O–H groups in total. The molecule has 114 valence electrons. The lowest BCUT2D eigenvalue weighted by molar-refractivity contribution is -0.143. The summed E-state index contributed by atoms with van der Waals surface area (Å²) in [5, 5.41) is 8.82. The summed E-state index contributed by atoms with van der Waals surface area (Å²) in [6.07, 6.45) is 4.58. The number of carbonyl (C=O) groups is 2. The number of carbonyl (C=O) groups excluding carboxylic acids is 1. The van der Waals surface area contributed by atoms with Gasteiger partial charge in [-0.3, -0.25) is 9.59 Å². The van der Waals surface area contributed by atoms with Gasteiger partial charge in [-0.15, -0.1) is 0 Å². The molecule has 1 atom stereocenters. The summed E-state index contributed by atoms with van der Waals surface area (Å²) in [6.45, 7) is 0. The molecule has 1 aliphatic carbocycles. The molecule has 0 unspecified atom stereocenters. The Labute approximate surface area is 125 Å². The van der Waals surface area contributed by atoms with Crippen LogP contribution in [0.1, 0.15) is 43.2 Å². The standard InChI is InChI=1S/C17H22O4/c1-21-16(20)12-17(9-4-7-15(18)19)10-8-13-5-2-3-6-14(13)11-17/h2-3,5-6H,4,7-12H2,1H3,(H,18,19)/t17-/m1/s1. The van der Waals surface area contributed by atoms with Gasteiger partial charge in [0.25, 0.3) is 0 Å². The van der Waals surface area contributed by atoms with E-state index in [-0.39, 0.29) is 17.8 Å². The van der Waals surface area contributed by atoms with Crippen molar-refractivity contribution in [1.82, 2.24) is 0 Å². The minimum atomic E-state index is -0.778. The number of rotatable bonds is 6. The molecule has 0 aliphatic heterocycles. The summed E-state index contributed by atoms with van der Waals surface area (Å²) in [7, 11) is 1.41. The number of benzene rings is 1. The van der Waals surface area contributed by atoms with Gasteiger partial charge in [0.05, 0.1) is 13.5 Å². The van der Waals surface area contributed by atoms with Crippen LogP contribution in [-0.4, -0.2) is 24.2 Å². The summed E-state index contributed by atoms with van der Waals surface area (Å²) in [4.78, 5) is 22.5. The van der Waals surface area contributed by atoms with Gasteiger partial charge in [0.1, 0.15) is 0 Å². The van der Waals surface area contributed by atoms with E-state index in [1.807, 2.05) is 12.1 Å². The first-order valence-corrected chi connectivity index (χ1v) is 7.40. The van der Waals surface area contributed by atoms with E-state index in [0.29, 0.717) is 12.8 Å². The molecule has 1 aromatic carbocycles. The first-order valence-electron chi connectivity index (χ1n) is 7.40. The molecular weight excluding hydrogens is 268 g/mol. The fourth-order valence-electron chi connectivity index (χ4n) is 3.31. The van der Waals surface area contributed by atoms with E-state index in [4.69, 9.17) is 9.84 Å². The number of carboxylic acid groups (broad SMARTS) is 1. The maximum atomic E-state index is 11.8. The highest BCUT2D eigenvalue weighted by atomic mass is 16.5. The predicted molar refractivity (Wildman–Crippen MR) is 79.0 cm³/mol. The molecule has 0 amide bonds. The van der Waals surface area contributed by atoms with Gasteiger partial charge in [0.15, 0.2) is 0 Å². The number of ether oxygens (including phenoxy) is 1. The van der Waals surface area contributed by atoms with Crippen molar-refractivity contribution in [2.45, 2.75) is 44.9 Å². The quantitative estimate of drug-likeness (QED) is 0.818. The number of methoxy groups -OCH3 is 1. The molecule has 2 rings (SSSR count). The second-order valence-corrected chi connectivity index (χ2v) is 5.95. The first-order chi connectivity index (χ1) is 10.0. The van der Waals surface area contributed by atoms with E-state index in [1.54, 1.807) is 0 Å². The van der Waals surface area contributed by atoms with Crippen LogP contribution in [0.4, 0.5) is 0 Å². The number of carboxylic acids is 1. The fraction of sp³-hybridized carbons (Fsp3) is 0.529. The monoisotopic (exact) mass is 290 g/mol. The average Bonchev–Trinajstić information content (AvgIpc) is 2.46. The van der Waals surface area contributed by atoms with Crippen LogP contribution in [0.3, 0.4) is 0 Å². The number of hydrogen-bond donors (Lipinski definition) is 1. The van der Waals surface area contributed by atoms with Gasteiger partial charge in [0.2, 0.25) is 0 Å². The zero-order valence-electron chi connectivity index (χ0n) is 12.4. The molecule has 4 nitrogen and oxygen atoms in total. The highest BCUT2D eigenvalue weighted by molar-refractivity contribution is 5.70. The number of esters is 1. The van der Waals surface area contributed by atoms with Gasteiger partial charge in [-0.05, 0) is 48.6 Å². The molecule has 0 spiro atoms. The highest BCUT2D eigenvalue weighted by Gasteiger charge is 2.36. The molecule has 0 heterocycles. The van der Waals surface area contributed by atoms with Crippen molar-refractivity contribution in [3.63, 3.8) is 0 Å². The Hall–Kier alpha value is -1.84. The summed E-state index contributed by atoms with van der Waals surface area (Å²) < 4.78 is 4.84. The molecule has 1 aromatic rings. The van der Waals surface area contributed by atoms with E-state index in [0.717, 1.165) is 25.7 Å². The molecule has 0 aromatic heterocycles. The maximum Gasteiger partial charge on any atom is 0.306 e. The van der Waals surface area contributed by atoms with Gasteiger partial charge in [0, 0.05) is 6.42 Å². The van der Waals surface area contributed by atoms with Crippen LogP contribution in [0.2, 0.25) is 0 Å². The summed E-state index contributed by atoms with van der Waals surface area (Å²) in [6, 6.07) is 8.30. The third-order valence-electron chi connectivity index (χ3n) is 4.45. The van der Waals surface area contributed by atoms with Crippen LogP contribution in [0.5, 0.6) is 0 Å². The van der Waals surface area contributed by atoms with E-state index < -0.39 is 5.97 Å². The smallest absolute Gasteiger partial charge is 0.306 e. The molecule has 0 bridgehead atoms. The van der Waals surface area contributed by atoms with E-state index in [9.17, 15) is 9.59 Å². The Balaban J connectivity index is 2.13. The van der Waals surface area contributed by atoms with Gasteiger partial charge < -0.3 is 9.84 Å². The highest BCUT2D eigenvalue weighted by Crippen LogP contribution is 2.42. The first kappa shape index (κ1) is 15.5. The molecular formula is C17H22O4. The van der Waals surface area contributed by atoms with Crippen LogP contribution in [0.15, 0.2) is 24.3 Å². The Morgan fingerprint density at radius 2 is 2.00 bits per heavy atom. The number of hydrogen-bond acceptors (Lipinski definition) is 3. The normalized spacial score (nSPS) is 20.6. The zero-order valence-corrected chi connectivity index (χ0v) is 12.4. The van der Waals surface area contributed by atoms with Crippen molar-refractivity contribution in [2.75, 3.05) is 7.11 Å². The van der Waals surface area contributed by atoms with Crippen molar-refractivity contribution in [3.8, 4) is 0 Å². The van der Waals surface area contributed by atoms with E-state index >= 15 is 0 Å². The summed E-state index contributed by atoms with van der Waals surface area (Å²) in [5.74, 6) is -0.982. The molecule has 0 radical (unpaired) electrons. The molecule has 1 aliphatic rings. The molecule has 0 saturated heterocycles. The minimum Gasteiger partial charge on any atom is -0.481 e. The third kappa shape index (κ3) is 4.06. The Bertz CT molecular complexity index is 523. The van der Waals surface area contributed by atoms with Crippen LogP contribution >= 0.6 is 0 Å². The van der Waals surface area contributed by atoms with Crippen LogP contribution < -0.4 is 0 Å². The van der Waals surface area contributed by atoms with Crippen molar-refractivity contribution < 1.29 is 19.4 Å². The van der Waals surface area contributed by atoms with Gasteiger partial charge in [-0.2, -0.15) is 0 Å². The zero-order chi connectivity index (χ0) is 15.3. The van der Waals surface area contributed by atoms with E-state index in [2.05, 4.69) is 12.1 Å². The SMILES string of the molecule is COC(=O)C[C@]1(CCCC(=O)O)CCc2ccccc2C1. The summed E-state index contributed by atoms with van der Waals surface area (Å²) in [5.41, 5.74) is 2.47. The van der Waals surface area contributed by atoms with Crippen molar-refractivity contribution in [1.29, 1.82) is 0 Å². The minimum absolute atomic E-state index is 0.156. The van der Waals surface area contributed by atoms with Crippen molar-refractivity contribution >= 4 is 11.9 Å². The number of fused-ring (bicyclic) bond motifs is 1. The van der Waals surface area contributed by atoms with Crippen molar-refractivity contribution in [3.05, 3.63) is 35.4 Å². The van der Waals surface area contributed by atoms with Gasteiger partial charge >= 0.3 is 11.9 Å². The predicted octanol–water partition coefficient (Wildman–Crippen LogP) is 2.98. The molecule has 0 fully saturated rings. The lowest BCUT2D eigenvalue weighted by Gasteiger charge is -2.37. The molecule has 4 heteroatoms. The second-order valence-electron chi connectivity index (χ2n) is 5.95. The molecule has 0 saturated carbocycles. The maximum absolute atomic E-state index is 11.8. The topological polar surface area (TPSA) is 63.6 Å². The van der Waals surface area contributed by atoms with Crippen LogP contribution in [-0.2, 0) is 27.2 Å². The average molecular weight is 290 g/mol. The number of aryl methyl sites for hydroxylation is 1. The van der Waals surface area contributed by atoms with Crippen LogP contribution in [0, 0.1) is 5.41 Å². The Kier molecular flexibility index (Phi) is 4.99. The second kappa shape index (κ2) is 6.74. The third-order valence-corrected chi connectivity index (χ3v) is 4.45. The fourth-order valence-corrected chi connectivity index (χ4v) is 3.31. The largest absolute Gasteiger partial charge is 0.481 e. The van der Waals surface area contributed by atoms with Crippen LogP contribution in [0.25, 0.3) is 0 Å². The lowest BCUT2D eigenvalue weighted by Crippen LogP contribution is -2.32. The Morgan fingerprint density at radius 3 is 2.67 bits per heavy atom. The van der Waals surface area contributed by atoms with Gasteiger partial charge in [-0.1, -0.05) is 24.3 Å². The number of aliphatic carboxylic acids is 1. The van der Waals surface area contributed by atoms with Crippen molar-refractivity contribution in [2.24, 2.45) is 5.41 Å².